The lowest BCUT2D eigenvalue weighted by Gasteiger charge is -2.27. The maximum absolute atomic E-state index is 5.67. The van der Waals surface area contributed by atoms with Crippen LogP contribution in [0, 0.1) is 17.8 Å². The molecule has 0 aliphatic heterocycles. The number of hydrogen-bond donors (Lipinski definition) is 0. The summed E-state index contributed by atoms with van der Waals surface area (Å²) in [5, 5.41) is 0. The van der Waals surface area contributed by atoms with Gasteiger partial charge in [-0.05, 0) is 73.6 Å². The molecule has 0 aromatic heterocycles. The Hall–Kier alpha value is -2.30. The third-order valence-electron chi connectivity index (χ3n) is 5.72. The van der Waals surface area contributed by atoms with Crippen molar-refractivity contribution in [1.29, 1.82) is 0 Å². The number of allylic oxidation sites excluding steroid dienone is 2. The predicted octanol–water partition coefficient (Wildman–Crippen LogP) is 7.13. The smallest absolute Gasteiger partial charge is 0.0717 e. The first-order valence-corrected chi connectivity index (χ1v) is 10.6. The van der Waals surface area contributed by atoms with Crippen molar-refractivity contribution >= 4 is 0 Å². The molecule has 0 atom stereocenters. The third kappa shape index (κ3) is 5.85. The lowest BCUT2D eigenvalue weighted by Crippen LogP contribution is -2.11. The first-order chi connectivity index (χ1) is 13.8. The quantitative estimate of drug-likeness (QED) is 0.285. The van der Waals surface area contributed by atoms with E-state index in [0.29, 0.717) is 13.2 Å². The molecule has 3 rings (SSSR count). The van der Waals surface area contributed by atoms with E-state index < -0.39 is 0 Å². The van der Waals surface area contributed by atoms with E-state index in [0.717, 1.165) is 18.3 Å². The van der Waals surface area contributed by atoms with E-state index in [4.69, 9.17) is 4.74 Å². The molecule has 0 N–H and O–H groups in total. The summed E-state index contributed by atoms with van der Waals surface area (Å²) >= 11 is 0. The lowest BCUT2D eigenvalue weighted by atomic mass is 9.78. The molecule has 1 heteroatoms. The van der Waals surface area contributed by atoms with Gasteiger partial charge in [0.05, 0.1) is 13.2 Å². The van der Waals surface area contributed by atoms with Gasteiger partial charge in [-0.15, -0.1) is 11.8 Å². The van der Waals surface area contributed by atoms with E-state index >= 15 is 0 Å². The van der Waals surface area contributed by atoms with Gasteiger partial charge in [-0.25, -0.2) is 0 Å². The Morgan fingerprint density at radius 1 is 0.929 bits per heavy atom. The van der Waals surface area contributed by atoms with E-state index in [1.54, 1.807) is 0 Å². The maximum atomic E-state index is 5.67. The zero-order valence-electron chi connectivity index (χ0n) is 17.3. The van der Waals surface area contributed by atoms with Crippen molar-refractivity contribution in [2.24, 2.45) is 5.92 Å². The standard InChI is InChI=1S/C27H32O/c1-3-5-6-20-28-21-23-10-14-25(15-11-23)27-18-16-26(17-19-27)24-12-8-22(7-4-2)9-13-24/h4,7,10-11,14-19,22,24H,6,8-9,12-13,20-21H2,1-2H3/b7-4+. The van der Waals surface area contributed by atoms with Crippen LogP contribution in [-0.2, 0) is 11.3 Å². The Kier molecular flexibility index (Phi) is 7.94. The molecular weight excluding hydrogens is 340 g/mol. The van der Waals surface area contributed by atoms with Gasteiger partial charge in [-0.3, -0.25) is 0 Å². The molecule has 28 heavy (non-hydrogen) atoms. The summed E-state index contributed by atoms with van der Waals surface area (Å²) in [6.07, 6.45) is 10.7. The molecule has 1 fully saturated rings. The van der Waals surface area contributed by atoms with Crippen molar-refractivity contribution < 1.29 is 4.74 Å². The zero-order chi connectivity index (χ0) is 19.6. The Labute approximate surface area is 170 Å². The molecule has 0 saturated heterocycles. The summed E-state index contributed by atoms with van der Waals surface area (Å²) in [5.74, 6) is 7.44. The Bertz CT molecular complexity index is 794. The second-order valence-electron chi connectivity index (χ2n) is 7.69. The highest BCUT2D eigenvalue weighted by Gasteiger charge is 2.20. The van der Waals surface area contributed by atoms with E-state index in [2.05, 4.69) is 79.4 Å². The normalized spacial score (nSPS) is 19.4. The van der Waals surface area contributed by atoms with Crippen LogP contribution in [-0.4, -0.2) is 6.61 Å². The van der Waals surface area contributed by atoms with Crippen LogP contribution in [0.1, 0.15) is 63.0 Å². The summed E-state index contributed by atoms with van der Waals surface area (Å²) < 4.78 is 5.67. The molecule has 146 valence electrons. The average molecular weight is 373 g/mol. The van der Waals surface area contributed by atoms with Crippen LogP contribution in [0.3, 0.4) is 0 Å². The first-order valence-electron chi connectivity index (χ1n) is 10.6. The summed E-state index contributed by atoms with van der Waals surface area (Å²) in [5.41, 5.74) is 5.27. The predicted molar refractivity (Wildman–Crippen MR) is 119 cm³/mol. The number of hydrogen-bond acceptors (Lipinski definition) is 1. The highest BCUT2D eigenvalue weighted by molar-refractivity contribution is 5.64. The molecular formula is C27H32O. The molecule has 1 nitrogen and oxygen atoms in total. The molecule has 2 aromatic rings. The van der Waals surface area contributed by atoms with E-state index in [1.165, 1.54) is 47.9 Å². The zero-order valence-corrected chi connectivity index (χ0v) is 17.3. The Morgan fingerprint density at radius 2 is 1.57 bits per heavy atom. The SMILES string of the molecule is CC#CCCOCc1ccc(-c2ccc(C3CCC(/C=C/C)CC3)cc2)cc1. The summed E-state index contributed by atoms with van der Waals surface area (Å²) in [7, 11) is 0. The van der Waals surface area contributed by atoms with Crippen LogP contribution in [0.5, 0.6) is 0 Å². The summed E-state index contributed by atoms with van der Waals surface area (Å²) in [6, 6.07) is 18.0. The van der Waals surface area contributed by atoms with E-state index in [-0.39, 0.29) is 0 Å². The molecule has 0 unspecified atom stereocenters. The van der Waals surface area contributed by atoms with E-state index in [1.807, 2.05) is 6.92 Å². The number of rotatable bonds is 7. The summed E-state index contributed by atoms with van der Waals surface area (Å²) in [4.78, 5) is 0. The fourth-order valence-electron chi connectivity index (χ4n) is 4.10. The molecule has 0 heterocycles. The van der Waals surface area contributed by atoms with Gasteiger partial charge < -0.3 is 4.74 Å². The van der Waals surface area contributed by atoms with Crippen molar-refractivity contribution in [3.05, 3.63) is 71.8 Å². The van der Waals surface area contributed by atoms with Crippen LogP contribution in [0.25, 0.3) is 11.1 Å². The van der Waals surface area contributed by atoms with Gasteiger partial charge in [0, 0.05) is 6.42 Å². The van der Waals surface area contributed by atoms with Crippen molar-refractivity contribution in [3.63, 3.8) is 0 Å². The van der Waals surface area contributed by atoms with Gasteiger partial charge in [-0.1, -0.05) is 60.7 Å². The minimum absolute atomic E-state index is 0.653. The second kappa shape index (κ2) is 10.9. The average Bonchev–Trinajstić information content (AvgIpc) is 2.75. The summed E-state index contributed by atoms with van der Waals surface area (Å²) in [6.45, 7) is 5.34. The fraction of sp³-hybridized carbons (Fsp3) is 0.407. The monoisotopic (exact) mass is 372 g/mol. The van der Waals surface area contributed by atoms with Crippen LogP contribution >= 0.6 is 0 Å². The molecule has 2 aromatic carbocycles. The van der Waals surface area contributed by atoms with Gasteiger partial charge in [0.25, 0.3) is 0 Å². The van der Waals surface area contributed by atoms with E-state index in [9.17, 15) is 0 Å². The van der Waals surface area contributed by atoms with Crippen LogP contribution in [0.2, 0.25) is 0 Å². The van der Waals surface area contributed by atoms with Crippen molar-refractivity contribution in [2.45, 2.75) is 58.5 Å². The van der Waals surface area contributed by atoms with Crippen LogP contribution in [0.4, 0.5) is 0 Å². The van der Waals surface area contributed by atoms with Crippen molar-refractivity contribution in [1.82, 2.24) is 0 Å². The molecule has 1 saturated carbocycles. The van der Waals surface area contributed by atoms with Crippen LogP contribution < -0.4 is 0 Å². The number of ether oxygens (including phenoxy) is 1. The molecule has 0 radical (unpaired) electrons. The topological polar surface area (TPSA) is 9.23 Å². The van der Waals surface area contributed by atoms with Gasteiger partial charge in [0.2, 0.25) is 0 Å². The van der Waals surface area contributed by atoms with Gasteiger partial charge >= 0.3 is 0 Å². The van der Waals surface area contributed by atoms with Gasteiger partial charge in [-0.2, -0.15) is 0 Å². The van der Waals surface area contributed by atoms with Crippen molar-refractivity contribution in [3.8, 4) is 23.0 Å². The van der Waals surface area contributed by atoms with Gasteiger partial charge in [0.1, 0.15) is 0 Å². The highest BCUT2D eigenvalue weighted by Crippen LogP contribution is 2.36. The maximum Gasteiger partial charge on any atom is 0.0717 e. The molecule has 1 aliphatic carbocycles. The molecule has 0 bridgehead atoms. The second-order valence-corrected chi connectivity index (χ2v) is 7.69. The lowest BCUT2D eigenvalue weighted by molar-refractivity contribution is 0.126. The molecule has 0 spiro atoms. The minimum Gasteiger partial charge on any atom is -0.376 e. The molecule has 1 aliphatic rings. The Balaban J connectivity index is 1.54. The largest absolute Gasteiger partial charge is 0.376 e. The minimum atomic E-state index is 0.653. The Morgan fingerprint density at radius 3 is 2.18 bits per heavy atom. The van der Waals surface area contributed by atoms with Crippen LogP contribution in [0.15, 0.2) is 60.7 Å². The van der Waals surface area contributed by atoms with Gasteiger partial charge in [0.15, 0.2) is 0 Å². The third-order valence-corrected chi connectivity index (χ3v) is 5.72. The van der Waals surface area contributed by atoms with Crippen molar-refractivity contribution in [2.75, 3.05) is 6.61 Å². The highest BCUT2D eigenvalue weighted by atomic mass is 16.5. The molecule has 0 amide bonds. The first kappa shape index (κ1) is 20.4. The fourth-order valence-corrected chi connectivity index (χ4v) is 4.10. The number of benzene rings is 2.